The van der Waals surface area contributed by atoms with E-state index < -0.39 is 0 Å². The number of nitrogens with zero attached hydrogens (tertiary/aromatic N) is 2. The third-order valence-corrected chi connectivity index (χ3v) is 13.5. The van der Waals surface area contributed by atoms with Gasteiger partial charge in [-0.05, 0) is 187 Å². The summed E-state index contributed by atoms with van der Waals surface area (Å²) in [4.78, 5) is 4.92. The Bertz CT molecular complexity index is 2810. The Morgan fingerprint density at radius 3 is 0.683 bits per heavy atom. The summed E-state index contributed by atoms with van der Waals surface area (Å²) in [6.45, 7) is 0. The van der Waals surface area contributed by atoms with Gasteiger partial charge in [-0.2, -0.15) is 0 Å². The Labute approximate surface area is 351 Å². The van der Waals surface area contributed by atoms with Gasteiger partial charge < -0.3 is 9.80 Å². The first kappa shape index (κ1) is 33.5. The van der Waals surface area contributed by atoms with Crippen molar-refractivity contribution < 1.29 is 0 Å². The van der Waals surface area contributed by atoms with E-state index in [1.54, 1.807) is 0 Å². The second-order valence-electron chi connectivity index (χ2n) is 16.9. The van der Waals surface area contributed by atoms with Crippen LogP contribution in [0.5, 0.6) is 0 Å². The van der Waals surface area contributed by atoms with Crippen molar-refractivity contribution in [3.05, 3.63) is 239 Å². The van der Waals surface area contributed by atoms with Crippen LogP contribution in [-0.2, 0) is 25.7 Å². The van der Waals surface area contributed by atoms with E-state index in [9.17, 15) is 0 Å². The molecule has 0 bridgehead atoms. The van der Waals surface area contributed by atoms with E-state index in [-0.39, 0.29) is 0 Å². The monoisotopic (exact) mass is 764 g/mol. The first-order chi connectivity index (χ1) is 29.7. The summed E-state index contributed by atoms with van der Waals surface area (Å²) < 4.78 is 0. The van der Waals surface area contributed by atoms with E-state index in [0.29, 0.717) is 0 Å². The summed E-state index contributed by atoms with van der Waals surface area (Å²) in [7, 11) is 0. The highest BCUT2D eigenvalue weighted by atomic mass is 15.2. The van der Waals surface area contributed by atoms with Crippen molar-refractivity contribution in [2.75, 3.05) is 9.80 Å². The second-order valence-corrected chi connectivity index (χ2v) is 16.9. The molecule has 0 saturated heterocycles. The van der Waals surface area contributed by atoms with Crippen molar-refractivity contribution in [1.82, 2.24) is 0 Å². The molecule has 0 heterocycles. The van der Waals surface area contributed by atoms with Crippen LogP contribution in [0.3, 0.4) is 0 Å². The van der Waals surface area contributed by atoms with Crippen molar-refractivity contribution in [1.29, 1.82) is 0 Å². The molecule has 282 valence electrons. The van der Waals surface area contributed by atoms with Crippen molar-refractivity contribution in [3.63, 3.8) is 0 Å². The standard InChI is InChI=1S/C58H40N2/c1-5-13-51-37(9-1)29-41-33-47(21-25-55(41)51)59(48-22-26-56-42(34-48)30-38-10-2-6-14-52(38)56)45-17-19-46(20-18-45)60(49-23-27-57-43(35-49)31-39-11-3-7-15-53(39)57)50-24-28-58-44(36-50)32-40-12-4-8-16-54(40)58/h1-28,33-36H,29-32H2. The van der Waals surface area contributed by atoms with Crippen molar-refractivity contribution in [3.8, 4) is 44.5 Å². The highest BCUT2D eigenvalue weighted by Crippen LogP contribution is 2.48. The van der Waals surface area contributed by atoms with Crippen molar-refractivity contribution >= 4 is 34.1 Å². The average molecular weight is 765 g/mol. The second kappa shape index (κ2) is 13.0. The molecular weight excluding hydrogens is 725 g/mol. The maximum atomic E-state index is 2.46. The van der Waals surface area contributed by atoms with Crippen LogP contribution in [-0.4, -0.2) is 0 Å². The molecule has 9 aromatic rings. The lowest BCUT2D eigenvalue weighted by Crippen LogP contribution is -2.13. The van der Waals surface area contributed by atoms with E-state index in [4.69, 9.17) is 0 Å². The number of rotatable bonds is 6. The van der Waals surface area contributed by atoms with E-state index >= 15 is 0 Å². The SMILES string of the molecule is c1ccc2c(c1)Cc1cc(N(c3ccc(N(c4ccc5c(c4)Cc4ccccc4-5)c4ccc5c(c4)Cc4ccccc4-5)cc3)c3ccc4c(c3)Cc3ccccc3-4)ccc1-2. The molecule has 2 heteroatoms. The third-order valence-electron chi connectivity index (χ3n) is 13.5. The van der Waals surface area contributed by atoms with Gasteiger partial charge in [0.1, 0.15) is 0 Å². The molecule has 2 nitrogen and oxygen atoms in total. The van der Waals surface area contributed by atoms with Gasteiger partial charge in [0.2, 0.25) is 0 Å². The fourth-order valence-corrected chi connectivity index (χ4v) is 10.7. The topological polar surface area (TPSA) is 6.48 Å². The minimum atomic E-state index is 0.957. The predicted octanol–water partition coefficient (Wildman–Crippen LogP) is 14.9. The van der Waals surface area contributed by atoms with E-state index in [1.807, 2.05) is 0 Å². The van der Waals surface area contributed by atoms with Crippen LogP contribution in [0.25, 0.3) is 44.5 Å². The summed E-state index contributed by atoms with van der Waals surface area (Å²) in [6.07, 6.45) is 3.83. The molecule has 0 N–H and O–H groups in total. The molecule has 0 spiro atoms. The number of anilines is 6. The van der Waals surface area contributed by atoms with E-state index in [2.05, 4.69) is 204 Å². The minimum Gasteiger partial charge on any atom is -0.310 e. The zero-order chi connectivity index (χ0) is 39.3. The maximum absolute atomic E-state index is 2.46. The van der Waals surface area contributed by atoms with Gasteiger partial charge in [0.15, 0.2) is 0 Å². The Balaban J connectivity index is 0.927. The minimum absolute atomic E-state index is 0.957. The molecule has 60 heavy (non-hydrogen) atoms. The lowest BCUT2D eigenvalue weighted by atomic mass is 10.0. The van der Waals surface area contributed by atoms with Crippen LogP contribution in [0.15, 0.2) is 194 Å². The average Bonchev–Trinajstić information content (AvgIpc) is 4.06. The van der Waals surface area contributed by atoms with Crippen LogP contribution >= 0.6 is 0 Å². The van der Waals surface area contributed by atoms with Gasteiger partial charge in [-0.25, -0.2) is 0 Å². The van der Waals surface area contributed by atoms with E-state index in [0.717, 1.165) is 37.1 Å². The van der Waals surface area contributed by atoms with Gasteiger partial charge in [0.05, 0.1) is 0 Å². The Hall–Kier alpha value is -7.42. The molecule has 0 fully saturated rings. The zero-order valence-corrected chi connectivity index (χ0v) is 33.2. The van der Waals surface area contributed by atoms with Crippen molar-refractivity contribution in [2.45, 2.75) is 25.7 Å². The summed E-state index contributed by atoms with van der Waals surface area (Å²) in [5.74, 6) is 0. The molecule has 0 atom stereocenters. The lowest BCUT2D eigenvalue weighted by Gasteiger charge is -2.29. The molecule has 0 aliphatic heterocycles. The normalized spacial score (nSPS) is 13.1. The molecular formula is C58H40N2. The van der Waals surface area contributed by atoms with Gasteiger partial charge in [0, 0.05) is 34.1 Å². The molecule has 0 aromatic heterocycles. The van der Waals surface area contributed by atoms with Crippen molar-refractivity contribution in [2.24, 2.45) is 0 Å². The summed E-state index contributed by atoms with van der Waals surface area (Å²) >= 11 is 0. The molecule has 0 unspecified atom stereocenters. The van der Waals surface area contributed by atoms with Gasteiger partial charge >= 0.3 is 0 Å². The highest BCUT2D eigenvalue weighted by molar-refractivity contribution is 5.89. The van der Waals surface area contributed by atoms with Gasteiger partial charge in [-0.3, -0.25) is 0 Å². The smallest absolute Gasteiger partial charge is 0.0464 e. The number of hydrogen-bond acceptors (Lipinski definition) is 2. The Morgan fingerprint density at radius 1 is 0.200 bits per heavy atom. The van der Waals surface area contributed by atoms with Crippen LogP contribution in [0.1, 0.15) is 44.5 Å². The third kappa shape index (κ3) is 5.20. The van der Waals surface area contributed by atoms with Crippen LogP contribution in [0, 0.1) is 0 Å². The molecule has 0 radical (unpaired) electrons. The summed E-state index contributed by atoms with van der Waals surface area (Å²) in [5.41, 5.74) is 29.0. The largest absolute Gasteiger partial charge is 0.310 e. The maximum Gasteiger partial charge on any atom is 0.0464 e. The highest BCUT2D eigenvalue weighted by Gasteiger charge is 2.26. The predicted molar refractivity (Wildman–Crippen MR) is 249 cm³/mol. The number of benzene rings is 9. The number of hydrogen-bond donors (Lipinski definition) is 0. The summed E-state index contributed by atoms with van der Waals surface area (Å²) in [6, 6.07) is 73.0. The molecule has 0 saturated carbocycles. The van der Waals surface area contributed by atoms with Crippen LogP contribution < -0.4 is 9.80 Å². The lowest BCUT2D eigenvalue weighted by molar-refractivity contribution is 1.20. The van der Waals surface area contributed by atoms with E-state index in [1.165, 1.54) is 112 Å². The zero-order valence-electron chi connectivity index (χ0n) is 33.2. The van der Waals surface area contributed by atoms with Crippen LogP contribution in [0.2, 0.25) is 0 Å². The molecule has 4 aliphatic rings. The fourth-order valence-electron chi connectivity index (χ4n) is 10.7. The molecule has 13 rings (SSSR count). The number of fused-ring (bicyclic) bond motifs is 12. The molecule has 4 aliphatic carbocycles. The Morgan fingerprint density at radius 2 is 0.417 bits per heavy atom. The molecule has 0 amide bonds. The molecule has 9 aromatic carbocycles. The Kier molecular flexibility index (Phi) is 7.29. The van der Waals surface area contributed by atoms with Gasteiger partial charge in [-0.15, -0.1) is 0 Å². The first-order valence-electron chi connectivity index (χ1n) is 21.3. The summed E-state index contributed by atoms with van der Waals surface area (Å²) in [5, 5.41) is 0. The first-order valence-corrected chi connectivity index (χ1v) is 21.3. The van der Waals surface area contributed by atoms with Crippen LogP contribution in [0.4, 0.5) is 34.1 Å². The fraction of sp³-hybridized carbons (Fsp3) is 0.0690. The van der Waals surface area contributed by atoms with Gasteiger partial charge in [-0.1, -0.05) is 121 Å². The quantitative estimate of drug-likeness (QED) is 0.166. The van der Waals surface area contributed by atoms with Gasteiger partial charge in [0.25, 0.3) is 0 Å².